The average molecular weight is 303 g/mol. The van der Waals surface area contributed by atoms with Crippen molar-refractivity contribution >= 4 is 12.0 Å². The Bertz CT molecular complexity index is 553. The molecule has 1 aromatic carbocycles. The summed E-state index contributed by atoms with van der Waals surface area (Å²) in [7, 11) is 0. The highest BCUT2D eigenvalue weighted by molar-refractivity contribution is 5.95. The van der Waals surface area contributed by atoms with Gasteiger partial charge in [-0.25, -0.2) is 17.6 Å². The Balaban J connectivity index is 3.35. The van der Waals surface area contributed by atoms with Gasteiger partial charge in [-0.3, -0.25) is 4.79 Å². The Kier molecular flexibility index (Phi) is 5.52. The molecule has 2 nitrogen and oxygen atoms in total. The molecule has 0 spiro atoms. The van der Waals surface area contributed by atoms with Gasteiger partial charge in [0, 0.05) is 6.04 Å². The highest BCUT2D eigenvalue weighted by Crippen LogP contribution is 2.25. The minimum absolute atomic E-state index is 0.00272. The number of amides is 1. The van der Waals surface area contributed by atoms with Gasteiger partial charge < -0.3 is 5.32 Å². The Morgan fingerprint density at radius 1 is 1.00 bits per heavy atom. The van der Waals surface area contributed by atoms with Crippen LogP contribution in [0.2, 0.25) is 0 Å². The average Bonchev–Trinajstić information content (AvgIpc) is 2.41. The summed E-state index contributed by atoms with van der Waals surface area (Å²) in [5.41, 5.74) is -2.09. The summed E-state index contributed by atoms with van der Waals surface area (Å²) < 4.78 is 55.2. The third-order valence-electron chi connectivity index (χ3n) is 3.22. The predicted molar refractivity (Wildman–Crippen MR) is 72.7 cm³/mol. The quantitative estimate of drug-likeness (QED) is 0.660. The zero-order chi connectivity index (χ0) is 16.3. The van der Waals surface area contributed by atoms with Crippen LogP contribution in [0.3, 0.4) is 0 Å². The number of rotatable bonds is 4. The molecule has 0 saturated carbocycles. The smallest absolute Gasteiger partial charge is 0.257 e. The van der Waals surface area contributed by atoms with Gasteiger partial charge in [0.2, 0.25) is 0 Å². The summed E-state index contributed by atoms with van der Waals surface area (Å²) in [4.78, 5) is 11.8. The summed E-state index contributed by atoms with van der Waals surface area (Å²) >= 11 is 0. The molecule has 0 radical (unpaired) electrons. The molecule has 0 aliphatic rings. The molecule has 1 atom stereocenters. The minimum atomic E-state index is -1.70. The van der Waals surface area contributed by atoms with Gasteiger partial charge in [-0.2, -0.15) is 0 Å². The molecule has 116 valence electrons. The third kappa shape index (κ3) is 3.43. The SMILES string of the molecule is C/C=C/c1c(F)c(F)c(C(=O)NC(C)C(C)C)c(F)c1F. The molecule has 1 rings (SSSR count). The maximum atomic E-state index is 13.9. The van der Waals surface area contributed by atoms with E-state index in [0.717, 1.165) is 6.08 Å². The number of hydrogen-bond donors (Lipinski definition) is 1. The minimum Gasteiger partial charge on any atom is -0.349 e. The first-order valence-corrected chi connectivity index (χ1v) is 6.51. The van der Waals surface area contributed by atoms with Crippen LogP contribution in [0, 0.1) is 29.2 Å². The fraction of sp³-hybridized carbons (Fsp3) is 0.400. The maximum absolute atomic E-state index is 13.9. The molecule has 1 N–H and O–H groups in total. The highest BCUT2D eigenvalue weighted by Gasteiger charge is 2.29. The van der Waals surface area contributed by atoms with Crippen LogP contribution in [0.1, 0.15) is 43.6 Å². The van der Waals surface area contributed by atoms with Crippen LogP contribution < -0.4 is 5.32 Å². The molecule has 0 aliphatic carbocycles. The van der Waals surface area contributed by atoms with E-state index in [1.807, 2.05) is 0 Å². The molecule has 1 unspecified atom stereocenters. The number of carbonyl (C=O) groups is 1. The fourth-order valence-electron chi connectivity index (χ4n) is 1.61. The lowest BCUT2D eigenvalue weighted by Crippen LogP contribution is -2.37. The van der Waals surface area contributed by atoms with E-state index in [9.17, 15) is 22.4 Å². The van der Waals surface area contributed by atoms with Gasteiger partial charge in [0.25, 0.3) is 5.91 Å². The van der Waals surface area contributed by atoms with Crippen molar-refractivity contribution in [2.75, 3.05) is 0 Å². The second-order valence-electron chi connectivity index (χ2n) is 5.05. The summed E-state index contributed by atoms with van der Waals surface area (Å²) in [5.74, 6) is -7.76. The van der Waals surface area contributed by atoms with E-state index in [0.29, 0.717) is 0 Å². The number of halogens is 4. The van der Waals surface area contributed by atoms with Crippen molar-refractivity contribution < 1.29 is 22.4 Å². The number of allylic oxidation sites excluding steroid dienone is 1. The van der Waals surface area contributed by atoms with E-state index in [4.69, 9.17) is 0 Å². The first-order valence-electron chi connectivity index (χ1n) is 6.51. The number of carbonyl (C=O) groups excluding carboxylic acids is 1. The lowest BCUT2D eigenvalue weighted by Gasteiger charge is -2.18. The van der Waals surface area contributed by atoms with Crippen LogP contribution in [0.4, 0.5) is 17.6 Å². The number of nitrogens with one attached hydrogen (secondary N) is 1. The second kappa shape index (κ2) is 6.74. The summed E-state index contributed by atoms with van der Waals surface area (Å²) in [6, 6.07) is -0.405. The largest absolute Gasteiger partial charge is 0.349 e. The molecule has 0 aromatic heterocycles. The van der Waals surface area contributed by atoms with Crippen LogP contribution >= 0.6 is 0 Å². The first-order chi connectivity index (χ1) is 9.72. The Labute approximate surface area is 120 Å². The van der Waals surface area contributed by atoms with E-state index in [1.54, 1.807) is 20.8 Å². The van der Waals surface area contributed by atoms with E-state index in [1.165, 1.54) is 13.0 Å². The molecule has 0 bridgehead atoms. The lowest BCUT2D eigenvalue weighted by molar-refractivity contribution is 0.0919. The van der Waals surface area contributed by atoms with Gasteiger partial charge in [-0.05, 0) is 19.8 Å². The molecule has 0 heterocycles. The van der Waals surface area contributed by atoms with Gasteiger partial charge in [0.15, 0.2) is 23.3 Å². The molecule has 0 saturated heterocycles. The first kappa shape index (κ1) is 17.2. The molecule has 1 aromatic rings. The van der Waals surface area contributed by atoms with Crippen LogP contribution in [0.15, 0.2) is 6.08 Å². The maximum Gasteiger partial charge on any atom is 0.257 e. The van der Waals surface area contributed by atoms with Crippen molar-refractivity contribution in [2.24, 2.45) is 5.92 Å². The van der Waals surface area contributed by atoms with Crippen molar-refractivity contribution in [3.63, 3.8) is 0 Å². The Morgan fingerprint density at radius 2 is 1.48 bits per heavy atom. The van der Waals surface area contributed by atoms with E-state index < -0.39 is 46.3 Å². The third-order valence-corrected chi connectivity index (χ3v) is 3.22. The summed E-state index contributed by atoms with van der Waals surface area (Å²) in [5, 5.41) is 2.31. The van der Waals surface area contributed by atoms with Gasteiger partial charge in [-0.1, -0.05) is 26.0 Å². The van der Waals surface area contributed by atoms with Crippen molar-refractivity contribution in [3.05, 3.63) is 40.5 Å². The Morgan fingerprint density at radius 3 is 1.86 bits per heavy atom. The van der Waals surface area contributed by atoms with Gasteiger partial charge >= 0.3 is 0 Å². The molecule has 6 heteroatoms. The van der Waals surface area contributed by atoms with Crippen molar-refractivity contribution in [3.8, 4) is 0 Å². The van der Waals surface area contributed by atoms with E-state index >= 15 is 0 Å². The van der Waals surface area contributed by atoms with Crippen molar-refractivity contribution in [2.45, 2.75) is 33.7 Å². The van der Waals surface area contributed by atoms with E-state index in [-0.39, 0.29) is 5.92 Å². The summed E-state index contributed by atoms with van der Waals surface area (Å²) in [6.45, 7) is 6.64. The lowest BCUT2D eigenvalue weighted by atomic mass is 10.0. The number of hydrogen-bond acceptors (Lipinski definition) is 1. The molecular weight excluding hydrogens is 286 g/mol. The Hall–Kier alpha value is -1.85. The van der Waals surface area contributed by atoms with Gasteiger partial charge in [0.05, 0.1) is 5.56 Å². The van der Waals surface area contributed by atoms with Crippen molar-refractivity contribution in [1.29, 1.82) is 0 Å². The zero-order valence-corrected chi connectivity index (χ0v) is 12.2. The summed E-state index contributed by atoms with van der Waals surface area (Å²) in [6.07, 6.45) is 2.14. The van der Waals surface area contributed by atoms with E-state index in [2.05, 4.69) is 5.32 Å². The van der Waals surface area contributed by atoms with Crippen LogP contribution in [-0.4, -0.2) is 11.9 Å². The molecular formula is C15H17F4NO. The fourth-order valence-corrected chi connectivity index (χ4v) is 1.61. The van der Waals surface area contributed by atoms with Crippen LogP contribution in [0.25, 0.3) is 6.08 Å². The second-order valence-corrected chi connectivity index (χ2v) is 5.05. The topological polar surface area (TPSA) is 29.1 Å². The zero-order valence-electron chi connectivity index (χ0n) is 12.2. The molecule has 21 heavy (non-hydrogen) atoms. The number of benzene rings is 1. The molecule has 1 amide bonds. The molecule has 0 fully saturated rings. The van der Waals surface area contributed by atoms with Crippen LogP contribution in [-0.2, 0) is 0 Å². The highest BCUT2D eigenvalue weighted by atomic mass is 19.2. The standard InChI is InChI=1S/C15H17F4NO/c1-5-6-9-11(16)13(18)10(14(19)12(9)17)15(21)20-8(4)7(2)3/h5-8H,1-4H3,(H,20,21)/b6-5+. The molecule has 0 aliphatic heterocycles. The van der Waals surface area contributed by atoms with Gasteiger partial charge in [0.1, 0.15) is 5.56 Å². The van der Waals surface area contributed by atoms with Gasteiger partial charge in [-0.15, -0.1) is 0 Å². The monoisotopic (exact) mass is 303 g/mol. The predicted octanol–water partition coefficient (Wildman–Crippen LogP) is 4.05. The normalized spacial score (nSPS) is 13.0. The van der Waals surface area contributed by atoms with Crippen LogP contribution in [0.5, 0.6) is 0 Å². The van der Waals surface area contributed by atoms with Crippen molar-refractivity contribution in [1.82, 2.24) is 5.32 Å².